The number of methoxy groups -OCH3 is 1. The van der Waals surface area contributed by atoms with Gasteiger partial charge in [0.05, 0.1) is 7.11 Å². The molecule has 0 radical (unpaired) electrons. The van der Waals surface area contributed by atoms with Crippen LogP contribution in [0.25, 0.3) is 0 Å². The number of rotatable bonds is 7. The normalized spacial score (nSPS) is 16.2. The van der Waals surface area contributed by atoms with Gasteiger partial charge in [-0.15, -0.1) is 0 Å². The minimum Gasteiger partial charge on any atom is -0.497 e. The van der Waals surface area contributed by atoms with Crippen LogP contribution in [-0.4, -0.2) is 31.1 Å². The SMILES string of the molecule is CCCC(C)N(C)C(c1cccc(OC)c1)C(C)N. The first-order valence-corrected chi connectivity index (χ1v) is 7.12. The molecule has 1 aromatic carbocycles. The van der Waals surface area contributed by atoms with E-state index in [1.54, 1.807) is 7.11 Å². The van der Waals surface area contributed by atoms with Gasteiger partial charge in [0.15, 0.2) is 0 Å². The summed E-state index contributed by atoms with van der Waals surface area (Å²) in [6.45, 7) is 6.55. The third-order valence-corrected chi connectivity index (χ3v) is 3.77. The smallest absolute Gasteiger partial charge is 0.119 e. The second kappa shape index (κ2) is 7.51. The summed E-state index contributed by atoms with van der Waals surface area (Å²) in [6, 6.07) is 9.04. The molecule has 0 aliphatic carbocycles. The van der Waals surface area contributed by atoms with Crippen LogP contribution >= 0.6 is 0 Å². The number of likely N-dealkylation sites (N-methyl/N-ethyl adjacent to an activating group) is 1. The molecule has 0 amide bonds. The fourth-order valence-electron chi connectivity index (χ4n) is 2.63. The van der Waals surface area contributed by atoms with Crippen molar-refractivity contribution in [3.05, 3.63) is 29.8 Å². The molecule has 0 bridgehead atoms. The largest absolute Gasteiger partial charge is 0.497 e. The molecule has 3 nitrogen and oxygen atoms in total. The van der Waals surface area contributed by atoms with Crippen LogP contribution in [0.3, 0.4) is 0 Å². The first-order chi connectivity index (χ1) is 9.01. The molecule has 3 heteroatoms. The van der Waals surface area contributed by atoms with Gasteiger partial charge < -0.3 is 10.5 Å². The maximum Gasteiger partial charge on any atom is 0.119 e. The van der Waals surface area contributed by atoms with Crippen molar-refractivity contribution in [2.75, 3.05) is 14.2 Å². The van der Waals surface area contributed by atoms with Crippen LogP contribution in [0.5, 0.6) is 5.75 Å². The van der Waals surface area contributed by atoms with E-state index in [-0.39, 0.29) is 12.1 Å². The van der Waals surface area contributed by atoms with E-state index in [0.717, 1.165) is 5.75 Å². The zero-order chi connectivity index (χ0) is 14.4. The van der Waals surface area contributed by atoms with Crippen LogP contribution in [0.1, 0.15) is 45.2 Å². The molecule has 0 aliphatic heterocycles. The summed E-state index contributed by atoms with van der Waals surface area (Å²) in [5.74, 6) is 0.889. The van der Waals surface area contributed by atoms with Gasteiger partial charge in [0.1, 0.15) is 5.75 Å². The van der Waals surface area contributed by atoms with E-state index in [9.17, 15) is 0 Å². The van der Waals surface area contributed by atoms with Gasteiger partial charge in [-0.05, 0) is 45.0 Å². The van der Waals surface area contributed by atoms with E-state index < -0.39 is 0 Å². The van der Waals surface area contributed by atoms with Crippen molar-refractivity contribution in [1.29, 1.82) is 0 Å². The first kappa shape index (κ1) is 16.0. The van der Waals surface area contributed by atoms with Gasteiger partial charge in [0.25, 0.3) is 0 Å². The Hall–Kier alpha value is -1.06. The second-order valence-corrected chi connectivity index (χ2v) is 5.38. The Morgan fingerprint density at radius 3 is 2.53 bits per heavy atom. The van der Waals surface area contributed by atoms with Crippen LogP contribution < -0.4 is 10.5 Å². The maximum atomic E-state index is 6.21. The van der Waals surface area contributed by atoms with E-state index in [1.807, 2.05) is 12.1 Å². The molecule has 1 aromatic rings. The average molecular weight is 264 g/mol. The van der Waals surface area contributed by atoms with Crippen molar-refractivity contribution in [3.63, 3.8) is 0 Å². The third kappa shape index (κ3) is 4.22. The zero-order valence-corrected chi connectivity index (χ0v) is 12.9. The Morgan fingerprint density at radius 2 is 2.00 bits per heavy atom. The van der Waals surface area contributed by atoms with Gasteiger partial charge in [0, 0.05) is 18.1 Å². The molecule has 108 valence electrons. The molecule has 3 atom stereocenters. The molecule has 0 saturated carbocycles. The van der Waals surface area contributed by atoms with Crippen molar-refractivity contribution in [3.8, 4) is 5.75 Å². The molecular weight excluding hydrogens is 236 g/mol. The molecule has 0 fully saturated rings. The summed E-state index contributed by atoms with van der Waals surface area (Å²) in [5, 5.41) is 0. The van der Waals surface area contributed by atoms with Crippen LogP contribution in [-0.2, 0) is 0 Å². The summed E-state index contributed by atoms with van der Waals surface area (Å²) in [5.41, 5.74) is 7.43. The van der Waals surface area contributed by atoms with E-state index in [4.69, 9.17) is 10.5 Å². The van der Waals surface area contributed by atoms with Gasteiger partial charge >= 0.3 is 0 Å². The Labute approximate surface area is 117 Å². The number of ether oxygens (including phenoxy) is 1. The summed E-state index contributed by atoms with van der Waals surface area (Å²) < 4.78 is 5.31. The second-order valence-electron chi connectivity index (χ2n) is 5.38. The van der Waals surface area contributed by atoms with E-state index in [1.165, 1.54) is 18.4 Å². The van der Waals surface area contributed by atoms with Gasteiger partial charge in [-0.25, -0.2) is 0 Å². The first-order valence-electron chi connectivity index (χ1n) is 7.12. The van der Waals surface area contributed by atoms with Gasteiger partial charge in [-0.2, -0.15) is 0 Å². The number of nitrogens with zero attached hydrogens (tertiary/aromatic N) is 1. The number of hydrogen-bond donors (Lipinski definition) is 1. The third-order valence-electron chi connectivity index (χ3n) is 3.77. The Morgan fingerprint density at radius 1 is 1.32 bits per heavy atom. The lowest BCUT2D eigenvalue weighted by atomic mass is 9.97. The number of hydrogen-bond acceptors (Lipinski definition) is 3. The van der Waals surface area contributed by atoms with Crippen molar-refractivity contribution in [1.82, 2.24) is 4.90 Å². The molecule has 0 spiro atoms. The number of nitrogens with two attached hydrogens (primary N) is 1. The summed E-state index contributed by atoms with van der Waals surface area (Å²) in [4.78, 5) is 2.38. The van der Waals surface area contributed by atoms with Gasteiger partial charge in [-0.1, -0.05) is 25.5 Å². The number of benzene rings is 1. The fraction of sp³-hybridized carbons (Fsp3) is 0.625. The molecular formula is C16H28N2O. The van der Waals surface area contributed by atoms with Crippen LogP contribution in [0.4, 0.5) is 0 Å². The molecule has 0 heterocycles. The standard InChI is InChI=1S/C16H28N2O/c1-6-8-12(2)18(4)16(13(3)17)14-9-7-10-15(11-14)19-5/h7,9-13,16H,6,8,17H2,1-5H3. The molecule has 19 heavy (non-hydrogen) atoms. The highest BCUT2D eigenvalue weighted by molar-refractivity contribution is 5.31. The van der Waals surface area contributed by atoms with Crippen LogP contribution in [0, 0.1) is 0 Å². The summed E-state index contributed by atoms with van der Waals surface area (Å²) >= 11 is 0. The minimum absolute atomic E-state index is 0.0800. The molecule has 0 aromatic heterocycles. The molecule has 1 rings (SSSR count). The molecule has 0 aliphatic rings. The minimum atomic E-state index is 0.0800. The lowest BCUT2D eigenvalue weighted by Gasteiger charge is -2.36. The van der Waals surface area contributed by atoms with Gasteiger partial charge in [-0.3, -0.25) is 4.90 Å². The fourth-order valence-corrected chi connectivity index (χ4v) is 2.63. The van der Waals surface area contributed by atoms with Crippen molar-refractivity contribution >= 4 is 0 Å². The average Bonchev–Trinajstić information content (AvgIpc) is 2.39. The highest BCUT2D eigenvalue weighted by Crippen LogP contribution is 2.27. The summed E-state index contributed by atoms with van der Waals surface area (Å²) in [6.07, 6.45) is 2.37. The molecule has 2 N–H and O–H groups in total. The van der Waals surface area contributed by atoms with Gasteiger partial charge in [0.2, 0.25) is 0 Å². The quantitative estimate of drug-likeness (QED) is 0.822. The predicted octanol–water partition coefficient (Wildman–Crippen LogP) is 3.20. The monoisotopic (exact) mass is 264 g/mol. The van der Waals surface area contributed by atoms with E-state index in [2.05, 4.69) is 44.9 Å². The van der Waals surface area contributed by atoms with Crippen molar-refractivity contribution < 1.29 is 4.74 Å². The van der Waals surface area contributed by atoms with E-state index in [0.29, 0.717) is 6.04 Å². The molecule has 3 unspecified atom stereocenters. The highest BCUT2D eigenvalue weighted by atomic mass is 16.5. The topological polar surface area (TPSA) is 38.5 Å². The summed E-state index contributed by atoms with van der Waals surface area (Å²) in [7, 11) is 3.86. The Kier molecular flexibility index (Phi) is 6.32. The van der Waals surface area contributed by atoms with Crippen LogP contribution in [0.2, 0.25) is 0 Å². The van der Waals surface area contributed by atoms with E-state index >= 15 is 0 Å². The van der Waals surface area contributed by atoms with Crippen molar-refractivity contribution in [2.24, 2.45) is 5.73 Å². The van der Waals surface area contributed by atoms with Crippen molar-refractivity contribution in [2.45, 2.75) is 51.7 Å². The molecule has 0 saturated heterocycles. The predicted molar refractivity (Wildman–Crippen MR) is 81.5 cm³/mol. The maximum absolute atomic E-state index is 6.21. The lowest BCUT2D eigenvalue weighted by molar-refractivity contribution is 0.157. The Bertz CT molecular complexity index is 379. The highest BCUT2D eigenvalue weighted by Gasteiger charge is 2.24. The Balaban J connectivity index is 2.99. The zero-order valence-electron chi connectivity index (χ0n) is 12.9. The lowest BCUT2D eigenvalue weighted by Crippen LogP contribution is -2.41. The van der Waals surface area contributed by atoms with Crippen LogP contribution in [0.15, 0.2) is 24.3 Å².